The topological polar surface area (TPSA) is 64.2 Å². The summed E-state index contributed by atoms with van der Waals surface area (Å²) in [7, 11) is 0. The first-order valence-electron chi connectivity index (χ1n) is 5.00. The van der Waals surface area contributed by atoms with Gasteiger partial charge in [0.2, 0.25) is 0 Å². The van der Waals surface area contributed by atoms with Gasteiger partial charge in [0.15, 0.2) is 17.1 Å². The van der Waals surface area contributed by atoms with Gasteiger partial charge < -0.3 is 14.5 Å². The van der Waals surface area contributed by atoms with E-state index in [1.807, 2.05) is 0 Å². The van der Waals surface area contributed by atoms with E-state index in [0.29, 0.717) is 19.3 Å². The minimum absolute atomic E-state index is 0.103. The zero-order valence-corrected chi connectivity index (χ0v) is 9.81. The zero-order chi connectivity index (χ0) is 13.2. The SMILES string of the molecule is O=c1cc(C(F)(F)F)nc(SCC2OCCO2)[nH]1. The van der Waals surface area contributed by atoms with E-state index in [2.05, 4.69) is 9.97 Å². The molecule has 2 heterocycles. The molecule has 0 unspecified atom stereocenters. The molecular weight excluding hydrogens is 273 g/mol. The minimum atomic E-state index is -4.63. The van der Waals surface area contributed by atoms with Crippen LogP contribution < -0.4 is 5.56 Å². The zero-order valence-electron chi connectivity index (χ0n) is 8.99. The Bertz CT molecular complexity index is 471. The molecule has 1 aliphatic heterocycles. The highest BCUT2D eigenvalue weighted by Crippen LogP contribution is 2.27. The van der Waals surface area contributed by atoms with E-state index in [0.717, 1.165) is 11.8 Å². The molecule has 18 heavy (non-hydrogen) atoms. The summed E-state index contributed by atoms with van der Waals surface area (Å²) < 4.78 is 47.5. The maximum absolute atomic E-state index is 12.4. The van der Waals surface area contributed by atoms with Crippen molar-refractivity contribution in [2.75, 3.05) is 19.0 Å². The van der Waals surface area contributed by atoms with Crippen LogP contribution >= 0.6 is 11.8 Å². The summed E-state index contributed by atoms with van der Waals surface area (Å²) in [4.78, 5) is 16.6. The Kier molecular flexibility index (Phi) is 3.93. The number of rotatable bonds is 3. The van der Waals surface area contributed by atoms with Crippen LogP contribution in [0, 0.1) is 0 Å². The number of ether oxygens (including phenoxy) is 2. The maximum Gasteiger partial charge on any atom is 0.433 e. The summed E-state index contributed by atoms with van der Waals surface area (Å²) in [6, 6.07) is 0.423. The van der Waals surface area contributed by atoms with Crippen molar-refractivity contribution in [3.63, 3.8) is 0 Å². The lowest BCUT2D eigenvalue weighted by molar-refractivity contribution is -0.141. The molecule has 1 aromatic rings. The van der Waals surface area contributed by atoms with Crippen molar-refractivity contribution in [2.45, 2.75) is 17.6 Å². The smallest absolute Gasteiger partial charge is 0.349 e. The lowest BCUT2D eigenvalue weighted by Gasteiger charge is -2.09. The summed E-state index contributed by atoms with van der Waals surface area (Å²) >= 11 is 0.945. The lowest BCUT2D eigenvalue weighted by atomic mass is 10.4. The Hall–Kier alpha value is -1.06. The van der Waals surface area contributed by atoms with Crippen LogP contribution in [0.1, 0.15) is 5.69 Å². The molecule has 0 bridgehead atoms. The van der Waals surface area contributed by atoms with Crippen molar-refractivity contribution < 1.29 is 22.6 Å². The third-order valence-electron chi connectivity index (χ3n) is 2.06. The molecule has 0 spiro atoms. The highest BCUT2D eigenvalue weighted by molar-refractivity contribution is 7.99. The molecule has 0 amide bonds. The molecule has 0 aromatic carbocycles. The van der Waals surface area contributed by atoms with Crippen LogP contribution in [0.5, 0.6) is 0 Å². The van der Waals surface area contributed by atoms with Gasteiger partial charge in [-0.15, -0.1) is 0 Å². The third kappa shape index (κ3) is 3.47. The highest BCUT2D eigenvalue weighted by Gasteiger charge is 2.33. The van der Waals surface area contributed by atoms with Gasteiger partial charge in [0.25, 0.3) is 5.56 Å². The van der Waals surface area contributed by atoms with E-state index in [-0.39, 0.29) is 10.9 Å². The van der Waals surface area contributed by atoms with Gasteiger partial charge in [0.1, 0.15) is 0 Å². The normalized spacial score (nSPS) is 17.3. The molecule has 9 heteroatoms. The average molecular weight is 282 g/mol. The molecule has 5 nitrogen and oxygen atoms in total. The third-order valence-corrected chi connectivity index (χ3v) is 2.96. The Morgan fingerprint density at radius 2 is 2.11 bits per heavy atom. The van der Waals surface area contributed by atoms with Gasteiger partial charge in [0, 0.05) is 6.07 Å². The molecule has 1 N–H and O–H groups in total. The first kappa shape index (κ1) is 13.4. The fraction of sp³-hybridized carbons (Fsp3) is 0.556. The first-order valence-corrected chi connectivity index (χ1v) is 5.98. The summed E-state index contributed by atoms with van der Waals surface area (Å²) in [5.41, 5.74) is -2.05. The average Bonchev–Trinajstić information content (AvgIpc) is 2.77. The predicted octanol–water partition coefficient (Wildman–Crippen LogP) is 1.25. The summed E-state index contributed by atoms with van der Waals surface area (Å²) in [6.07, 6.45) is -5.11. The van der Waals surface area contributed by atoms with Crippen molar-refractivity contribution in [1.82, 2.24) is 9.97 Å². The number of halogens is 3. The molecule has 0 saturated carbocycles. The van der Waals surface area contributed by atoms with Crippen LogP contribution in [0.3, 0.4) is 0 Å². The van der Waals surface area contributed by atoms with Crippen LogP contribution in [0.25, 0.3) is 0 Å². The van der Waals surface area contributed by atoms with Gasteiger partial charge >= 0.3 is 6.18 Å². The number of nitrogens with zero attached hydrogens (tertiary/aromatic N) is 1. The van der Waals surface area contributed by atoms with Crippen molar-refractivity contribution in [1.29, 1.82) is 0 Å². The number of aromatic nitrogens is 2. The summed E-state index contributed by atoms with van der Waals surface area (Å²) in [5, 5.41) is -0.103. The minimum Gasteiger partial charge on any atom is -0.349 e. The standard InChI is InChI=1S/C9H9F3N2O3S/c10-9(11,12)5-3-6(15)14-8(13-5)18-4-7-16-1-2-17-7/h3,7H,1-2,4H2,(H,13,14,15). The number of alkyl halides is 3. The fourth-order valence-corrected chi connectivity index (χ4v) is 2.12. The van der Waals surface area contributed by atoms with Crippen LogP contribution in [0.4, 0.5) is 13.2 Å². The highest BCUT2D eigenvalue weighted by atomic mass is 32.2. The molecule has 0 atom stereocenters. The predicted molar refractivity (Wildman–Crippen MR) is 56.3 cm³/mol. The second-order valence-electron chi connectivity index (χ2n) is 3.42. The molecule has 1 fully saturated rings. The number of aromatic amines is 1. The van der Waals surface area contributed by atoms with Crippen molar-refractivity contribution >= 4 is 11.8 Å². The molecule has 1 saturated heterocycles. The molecule has 100 valence electrons. The largest absolute Gasteiger partial charge is 0.433 e. The van der Waals surface area contributed by atoms with E-state index in [9.17, 15) is 18.0 Å². The van der Waals surface area contributed by atoms with Gasteiger partial charge in [-0.1, -0.05) is 11.8 Å². The quantitative estimate of drug-likeness (QED) is 0.668. The number of H-pyrrole nitrogens is 1. The van der Waals surface area contributed by atoms with Crippen molar-refractivity contribution in [3.8, 4) is 0 Å². The monoisotopic (exact) mass is 282 g/mol. The molecule has 2 rings (SSSR count). The molecule has 1 aromatic heterocycles. The van der Waals surface area contributed by atoms with Crippen molar-refractivity contribution in [3.05, 3.63) is 22.1 Å². The van der Waals surface area contributed by atoms with E-state index >= 15 is 0 Å². The Morgan fingerprint density at radius 1 is 1.44 bits per heavy atom. The number of nitrogens with one attached hydrogen (secondary N) is 1. The van der Waals surface area contributed by atoms with Gasteiger partial charge in [0.05, 0.1) is 19.0 Å². The van der Waals surface area contributed by atoms with E-state index < -0.39 is 23.7 Å². The number of thioether (sulfide) groups is 1. The number of hydrogen-bond acceptors (Lipinski definition) is 5. The summed E-state index contributed by atoms with van der Waals surface area (Å²) in [6.45, 7) is 0.912. The Labute approximate surface area is 104 Å². The van der Waals surface area contributed by atoms with E-state index in [4.69, 9.17) is 9.47 Å². The van der Waals surface area contributed by atoms with Crippen LogP contribution in [-0.2, 0) is 15.7 Å². The van der Waals surface area contributed by atoms with E-state index in [1.165, 1.54) is 0 Å². The summed E-state index contributed by atoms with van der Waals surface area (Å²) in [5.74, 6) is 0.268. The molecular formula is C9H9F3N2O3S. The van der Waals surface area contributed by atoms with Crippen LogP contribution in [0.2, 0.25) is 0 Å². The van der Waals surface area contributed by atoms with E-state index in [1.54, 1.807) is 0 Å². The second-order valence-corrected chi connectivity index (χ2v) is 4.42. The van der Waals surface area contributed by atoms with Gasteiger partial charge in [-0.3, -0.25) is 4.79 Å². The van der Waals surface area contributed by atoms with Gasteiger partial charge in [-0.25, -0.2) is 4.98 Å². The van der Waals surface area contributed by atoms with Gasteiger partial charge in [-0.2, -0.15) is 13.2 Å². The Balaban J connectivity index is 2.08. The van der Waals surface area contributed by atoms with Crippen LogP contribution in [-0.4, -0.2) is 35.2 Å². The maximum atomic E-state index is 12.4. The molecule has 1 aliphatic rings. The van der Waals surface area contributed by atoms with Crippen LogP contribution in [0.15, 0.2) is 16.0 Å². The fourth-order valence-electron chi connectivity index (χ4n) is 1.30. The second kappa shape index (κ2) is 5.29. The first-order chi connectivity index (χ1) is 8.45. The molecule has 0 aliphatic carbocycles. The lowest BCUT2D eigenvalue weighted by Crippen LogP contribution is -2.18. The molecule has 0 radical (unpaired) electrons. The van der Waals surface area contributed by atoms with Crippen molar-refractivity contribution in [2.24, 2.45) is 0 Å². The van der Waals surface area contributed by atoms with Gasteiger partial charge in [-0.05, 0) is 0 Å². The Morgan fingerprint density at radius 3 is 2.72 bits per heavy atom. The number of hydrogen-bond donors (Lipinski definition) is 1.